The number of hydroxylamine groups is 2. The average Bonchev–Trinajstić information content (AvgIpc) is 2.25. The molecule has 0 aliphatic carbocycles. The molecule has 0 spiro atoms. The summed E-state index contributed by atoms with van der Waals surface area (Å²) >= 11 is 0. The van der Waals surface area contributed by atoms with Gasteiger partial charge in [-0.2, -0.15) is 0 Å². The first-order chi connectivity index (χ1) is 6.23. The standard InChI is InChI=1S/C10H17N2O2.ClH/c1-9(2)6-7(8(11)14-5)10(3,4)12(9)13;/h6,11H,1-5H3;1H. The van der Waals surface area contributed by atoms with Crippen molar-refractivity contribution < 1.29 is 9.94 Å². The first-order valence-electron chi connectivity index (χ1n) is 4.57. The van der Waals surface area contributed by atoms with Crippen molar-refractivity contribution in [3.05, 3.63) is 11.6 Å². The van der Waals surface area contributed by atoms with Gasteiger partial charge in [0.2, 0.25) is 5.90 Å². The number of nitrogens with zero attached hydrogens (tertiary/aromatic N) is 1. The smallest absolute Gasteiger partial charge is 0.210 e. The van der Waals surface area contributed by atoms with Crippen LogP contribution in [0.3, 0.4) is 0 Å². The third-order valence-corrected chi connectivity index (χ3v) is 2.64. The van der Waals surface area contributed by atoms with E-state index in [4.69, 9.17) is 10.1 Å². The van der Waals surface area contributed by atoms with Gasteiger partial charge in [-0.1, -0.05) is 6.08 Å². The molecule has 1 aliphatic rings. The van der Waals surface area contributed by atoms with E-state index in [1.807, 2.05) is 13.8 Å². The number of nitrogens with one attached hydrogen (secondary N) is 1. The van der Waals surface area contributed by atoms with Crippen molar-refractivity contribution in [1.82, 2.24) is 5.06 Å². The minimum Gasteiger partial charge on any atom is -0.481 e. The molecule has 0 amide bonds. The summed E-state index contributed by atoms with van der Waals surface area (Å²) in [7, 11) is 1.44. The number of rotatable bonds is 1. The van der Waals surface area contributed by atoms with Crippen LogP contribution in [-0.4, -0.2) is 29.1 Å². The van der Waals surface area contributed by atoms with Crippen LogP contribution in [0.15, 0.2) is 11.6 Å². The third-order valence-electron chi connectivity index (χ3n) is 2.64. The molecule has 0 fully saturated rings. The summed E-state index contributed by atoms with van der Waals surface area (Å²) < 4.78 is 4.86. The maximum Gasteiger partial charge on any atom is 0.210 e. The van der Waals surface area contributed by atoms with E-state index in [2.05, 4.69) is 0 Å². The van der Waals surface area contributed by atoms with E-state index in [-0.39, 0.29) is 18.3 Å². The second-order valence-corrected chi connectivity index (χ2v) is 4.60. The summed E-state index contributed by atoms with van der Waals surface area (Å²) in [6.07, 6.45) is 1.80. The lowest BCUT2D eigenvalue weighted by molar-refractivity contribution is -0.237. The van der Waals surface area contributed by atoms with Gasteiger partial charge in [0.15, 0.2) is 0 Å². The normalized spacial score (nSPS) is 22.9. The van der Waals surface area contributed by atoms with Crippen LogP contribution in [0.25, 0.3) is 0 Å². The third kappa shape index (κ3) is 2.17. The molecule has 0 atom stereocenters. The van der Waals surface area contributed by atoms with Crippen LogP contribution in [0.5, 0.6) is 0 Å². The van der Waals surface area contributed by atoms with Crippen molar-refractivity contribution in [1.29, 1.82) is 5.41 Å². The minimum atomic E-state index is -0.684. The lowest BCUT2D eigenvalue weighted by atomic mass is 9.96. The van der Waals surface area contributed by atoms with Crippen LogP contribution in [0, 0.1) is 5.41 Å². The van der Waals surface area contributed by atoms with Gasteiger partial charge in [-0.15, -0.1) is 22.7 Å². The molecular weight excluding hydrogens is 216 g/mol. The first kappa shape index (κ1) is 14.4. The Morgan fingerprint density at radius 2 is 1.87 bits per heavy atom. The highest BCUT2D eigenvalue weighted by molar-refractivity contribution is 5.94. The number of hydrogen-bond acceptors (Lipinski definition) is 3. The SMILES string of the molecule is COC(=N)C1=CC(C)(C)N([O])C1(C)C.Cl. The van der Waals surface area contributed by atoms with Crippen LogP contribution < -0.4 is 0 Å². The zero-order chi connectivity index (χ0) is 11.1. The molecule has 87 valence electrons. The Morgan fingerprint density at radius 1 is 1.40 bits per heavy atom. The number of ether oxygens (including phenoxy) is 1. The van der Waals surface area contributed by atoms with Gasteiger partial charge in [0.05, 0.1) is 18.2 Å². The molecule has 1 rings (SSSR count). The largest absolute Gasteiger partial charge is 0.481 e. The summed E-state index contributed by atoms with van der Waals surface area (Å²) in [5.41, 5.74) is -0.597. The van der Waals surface area contributed by atoms with Crippen molar-refractivity contribution in [2.75, 3.05) is 7.11 Å². The second-order valence-electron chi connectivity index (χ2n) is 4.60. The maximum absolute atomic E-state index is 11.9. The van der Waals surface area contributed by atoms with Crippen molar-refractivity contribution in [2.24, 2.45) is 0 Å². The number of hydrogen-bond donors (Lipinski definition) is 1. The van der Waals surface area contributed by atoms with Crippen LogP contribution in [0.1, 0.15) is 27.7 Å². The Bertz CT molecular complexity index is 298. The molecule has 0 saturated heterocycles. The first-order valence-corrected chi connectivity index (χ1v) is 4.57. The van der Waals surface area contributed by atoms with E-state index in [0.717, 1.165) is 5.06 Å². The van der Waals surface area contributed by atoms with Gasteiger partial charge >= 0.3 is 0 Å². The van der Waals surface area contributed by atoms with Crippen LogP contribution >= 0.6 is 12.4 Å². The molecule has 4 nitrogen and oxygen atoms in total. The summed E-state index contributed by atoms with van der Waals surface area (Å²) in [5, 5.41) is 20.5. The van der Waals surface area contributed by atoms with Crippen LogP contribution in [0.2, 0.25) is 0 Å². The predicted molar refractivity (Wildman–Crippen MR) is 60.8 cm³/mol. The Hall–Kier alpha value is -0.580. The molecule has 1 N–H and O–H groups in total. The van der Waals surface area contributed by atoms with Crippen LogP contribution in [-0.2, 0) is 9.94 Å². The lowest BCUT2D eigenvalue weighted by Gasteiger charge is -2.33. The maximum atomic E-state index is 11.9. The summed E-state index contributed by atoms with van der Waals surface area (Å²) in [6.45, 7) is 7.26. The molecule has 0 aromatic rings. The molecule has 15 heavy (non-hydrogen) atoms. The minimum absolute atomic E-state index is 0. The Labute approximate surface area is 96.8 Å². The van der Waals surface area contributed by atoms with Gasteiger partial charge in [-0.3, -0.25) is 5.41 Å². The van der Waals surface area contributed by atoms with Crippen molar-refractivity contribution in [3.63, 3.8) is 0 Å². The van der Waals surface area contributed by atoms with E-state index in [9.17, 15) is 5.21 Å². The Morgan fingerprint density at radius 3 is 2.13 bits per heavy atom. The molecule has 5 heteroatoms. The fourth-order valence-corrected chi connectivity index (χ4v) is 1.87. The zero-order valence-electron chi connectivity index (χ0n) is 9.75. The highest BCUT2D eigenvalue weighted by Crippen LogP contribution is 2.38. The van der Waals surface area contributed by atoms with E-state index in [1.54, 1.807) is 19.9 Å². The van der Waals surface area contributed by atoms with E-state index in [0.29, 0.717) is 5.57 Å². The van der Waals surface area contributed by atoms with Crippen molar-refractivity contribution in [3.8, 4) is 0 Å². The Balaban J connectivity index is 0.00000196. The quantitative estimate of drug-likeness (QED) is 0.558. The van der Waals surface area contributed by atoms with Crippen molar-refractivity contribution in [2.45, 2.75) is 38.8 Å². The zero-order valence-corrected chi connectivity index (χ0v) is 10.6. The highest BCUT2D eigenvalue weighted by Gasteiger charge is 2.48. The molecule has 1 radical (unpaired) electrons. The van der Waals surface area contributed by atoms with Gasteiger partial charge in [-0.05, 0) is 27.7 Å². The molecule has 0 unspecified atom stereocenters. The topological polar surface area (TPSA) is 56.2 Å². The van der Waals surface area contributed by atoms with Gasteiger partial charge in [0.1, 0.15) is 0 Å². The highest BCUT2D eigenvalue weighted by atomic mass is 35.5. The second kappa shape index (κ2) is 4.12. The molecule has 0 aromatic carbocycles. The molecular formula is C10H18ClN2O2. The molecule has 0 saturated carbocycles. The molecule has 0 aromatic heterocycles. The molecule has 0 bridgehead atoms. The van der Waals surface area contributed by atoms with Gasteiger partial charge in [0, 0.05) is 5.57 Å². The van der Waals surface area contributed by atoms with Crippen molar-refractivity contribution >= 4 is 18.3 Å². The van der Waals surface area contributed by atoms with E-state index < -0.39 is 11.1 Å². The number of halogens is 1. The monoisotopic (exact) mass is 233 g/mol. The van der Waals surface area contributed by atoms with E-state index >= 15 is 0 Å². The summed E-state index contributed by atoms with van der Waals surface area (Å²) in [5.74, 6) is 0.0708. The lowest BCUT2D eigenvalue weighted by Crippen LogP contribution is -2.47. The van der Waals surface area contributed by atoms with E-state index in [1.165, 1.54) is 7.11 Å². The van der Waals surface area contributed by atoms with Crippen LogP contribution in [0.4, 0.5) is 0 Å². The van der Waals surface area contributed by atoms with Gasteiger partial charge in [-0.25, -0.2) is 0 Å². The van der Waals surface area contributed by atoms with Gasteiger partial charge in [0.25, 0.3) is 0 Å². The van der Waals surface area contributed by atoms with Gasteiger partial charge < -0.3 is 4.74 Å². The molecule has 1 aliphatic heterocycles. The summed E-state index contributed by atoms with van der Waals surface area (Å²) in [6, 6.07) is 0. The molecule has 1 heterocycles. The predicted octanol–water partition coefficient (Wildman–Crippen LogP) is 2.18. The average molecular weight is 234 g/mol. The fourth-order valence-electron chi connectivity index (χ4n) is 1.87. The number of methoxy groups -OCH3 is 1. The summed E-state index contributed by atoms with van der Waals surface area (Å²) in [4.78, 5) is 0. The fraction of sp³-hybridized carbons (Fsp3) is 0.700. The Kier molecular flexibility index (Phi) is 3.96.